The lowest BCUT2D eigenvalue weighted by Crippen LogP contribution is -2.25. The third-order valence-corrected chi connectivity index (χ3v) is 3.47. The van der Waals surface area contributed by atoms with Crippen LogP contribution in [0.15, 0.2) is 30.3 Å². The van der Waals surface area contributed by atoms with E-state index in [1.807, 2.05) is 31.2 Å². The Labute approximate surface area is 110 Å². The molecule has 1 aromatic heterocycles. The van der Waals surface area contributed by atoms with Crippen LogP contribution in [-0.2, 0) is 0 Å². The number of nitrogens with zero attached hydrogens (tertiary/aromatic N) is 2. The second kappa shape index (κ2) is 5.18. The number of hydrogen-bond acceptors (Lipinski definition) is 4. The fourth-order valence-corrected chi connectivity index (χ4v) is 2.29. The number of hydrogen-bond donors (Lipinski definition) is 0. The second-order valence-electron chi connectivity index (χ2n) is 3.89. The van der Waals surface area contributed by atoms with Crippen LogP contribution in [0.25, 0.3) is 0 Å². The Kier molecular flexibility index (Phi) is 3.62. The summed E-state index contributed by atoms with van der Waals surface area (Å²) in [7, 11) is 3.36. The number of aromatic nitrogens is 1. The Hall–Kier alpha value is -1.88. The molecule has 2 aromatic rings. The van der Waals surface area contributed by atoms with Crippen molar-refractivity contribution >= 4 is 23.1 Å². The number of ether oxygens (including phenoxy) is 1. The highest BCUT2D eigenvalue weighted by atomic mass is 32.1. The molecule has 0 aliphatic carbocycles. The highest BCUT2D eigenvalue weighted by Gasteiger charge is 2.15. The maximum atomic E-state index is 12.2. The van der Waals surface area contributed by atoms with Gasteiger partial charge in [0.25, 0.3) is 5.91 Å². The van der Waals surface area contributed by atoms with Crippen LogP contribution in [-0.4, -0.2) is 24.4 Å². The highest BCUT2D eigenvalue weighted by Crippen LogP contribution is 2.21. The summed E-state index contributed by atoms with van der Waals surface area (Å²) in [5.41, 5.74) is 1.69. The van der Waals surface area contributed by atoms with Crippen LogP contribution in [0.5, 0.6) is 5.75 Å². The molecular formula is C13H14N2O2S. The van der Waals surface area contributed by atoms with Crippen molar-refractivity contribution in [1.29, 1.82) is 0 Å². The number of anilines is 1. The first kappa shape index (κ1) is 12.6. The minimum absolute atomic E-state index is 0.0502. The summed E-state index contributed by atoms with van der Waals surface area (Å²) in [4.78, 5) is 14.4. The Morgan fingerprint density at radius 1 is 1.33 bits per heavy atom. The van der Waals surface area contributed by atoms with E-state index in [2.05, 4.69) is 4.37 Å². The third kappa shape index (κ3) is 2.51. The molecule has 0 aliphatic rings. The van der Waals surface area contributed by atoms with Crippen molar-refractivity contribution in [2.75, 3.05) is 19.1 Å². The maximum absolute atomic E-state index is 12.2. The van der Waals surface area contributed by atoms with Gasteiger partial charge in [-0.15, -0.1) is 0 Å². The smallest absolute Gasteiger partial charge is 0.269 e. The van der Waals surface area contributed by atoms with Gasteiger partial charge in [-0.05, 0) is 48.8 Å². The third-order valence-electron chi connectivity index (χ3n) is 2.60. The van der Waals surface area contributed by atoms with E-state index in [4.69, 9.17) is 4.74 Å². The number of rotatable bonds is 3. The lowest BCUT2D eigenvalue weighted by atomic mass is 10.2. The number of amides is 1. The Bertz CT molecular complexity index is 548. The SMILES string of the molecule is COc1ccc(N(C)C(=O)c2cc(C)ns2)cc1. The highest BCUT2D eigenvalue weighted by molar-refractivity contribution is 7.08. The predicted molar refractivity (Wildman–Crippen MR) is 72.6 cm³/mol. The molecule has 0 fully saturated rings. The summed E-state index contributed by atoms with van der Waals surface area (Å²) in [6, 6.07) is 9.16. The minimum Gasteiger partial charge on any atom is -0.497 e. The van der Waals surface area contributed by atoms with Gasteiger partial charge in [-0.3, -0.25) is 4.79 Å². The monoisotopic (exact) mass is 262 g/mol. The van der Waals surface area contributed by atoms with Gasteiger partial charge in [-0.2, -0.15) is 4.37 Å². The van der Waals surface area contributed by atoms with E-state index in [-0.39, 0.29) is 5.91 Å². The van der Waals surface area contributed by atoms with Crippen LogP contribution in [0.3, 0.4) is 0 Å². The van der Waals surface area contributed by atoms with Crippen molar-refractivity contribution in [2.45, 2.75) is 6.92 Å². The summed E-state index contributed by atoms with van der Waals surface area (Å²) >= 11 is 1.22. The van der Waals surface area contributed by atoms with Crippen LogP contribution in [0.4, 0.5) is 5.69 Å². The molecule has 1 heterocycles. The largest absolute Gasteiger partial charge is 0.497 e. The van der Waals surface area contributed by atoms with Gasteiger partial charge in [0.1, 0.15) is 10.6 Å². The van der Waals surface area contributed by atoms with Crippen LogP contribution in [0, 0.1) is 6.92 Å². The van der Waals surface area contributed by atoms with Crippen molar-refractivity contribution in [3.8, 4) is 5.75 Å². The summed E-state index contributed by atoms with van der Waals surface area (Å²) in [6.45, 7) is 1.88. The number of benzene rings is 1. The molecule has 0 bridgehead atoms. The molecule has 18 heavy (non-hydrogen) atoms. The summed E-state index contributed by atoms with van der Waals surface area (Å²) in [6.07, 6.45) is 0. The van der Waals surface area contributed by atoms with Gasteiger partial charge in [0.15, 0.2) is 0 Å². The number of carbonyl (C=O) groups excluding carboxylic acids is 1. The van der Waals surface area contributed by atoms with Gasteiger partial charge in [-0.1, -0.05) is 0 Å². The molecule has 1 amide bonds. The van der Waals surface area contributed by atoms with E-state index >= 15 is 0 Å². The molecule has 0 atom stereocenters. The topological polar surface area (TPSA) is 42.4 Å². The molecule has 0 aliphatic heterocycles. The summed E-state index contributed by atoms with van der Waals surface area (Å²) < 4.78 is 9.20. The molecule has 0 unspecified atom stereocenters. The molecule has 2 rings (SSSR count). The molecule has 0 saturated heterocycles. The first-order valence-electron chi connectivity index (χ1n) is 5.47. The second-order valence-corrected chi connectivity index (χ2v) is 4.70. The van der Waals surface area contributed by atoms with E-state index in [1.165, 1.54) is 11.5 Å². The van der Waals surface area contributed by atoms with Gasteiger partial charge in [0, 0.05) is 12.7 Å². The van der Waals surface area contributed by atoms with Crippen molar-refractivity contribution in [2.24, 2.45) is 0 Å². The standard InChI is InChI=1S/C13H14N2O2S/c1-9-8-12(18-14-9)13(16)15(2)10-4-6-11(17-3)7-5-10/h4-8H,1-3H3. The van der Waals surface area contributed by atoms with Gasteiger partial charge in [-0.25, -0.2) is 0 Å². The molecular weight excluding hydrogens is 248 g/mol. The van der Waals surface area contributed by atoms with E-state index in [0.29, 0.717) is 4.88 Å². The molecule has 94 valence electrons. The summed E-state index contributed by atoms with van der Waals surface area (Å²) in [5, 5.41) is 0. The minimum atomic E-state index is -0.0502. The quantitative estimate of drug-likeness (QED) is 0.854. The lowest BCUT2D eigenvalue weighted by molar-refractivity contribution is 0.0997. The van der Waals surface area contributed by atoms with E-state index in [9.17, 15) is 4.79 Å². The number of carbonyl (C=O) groups is 1. The van der Waals surface area contributed by atoms with Crippen LogP contribution in [0.1, 0.15) is 15.4 Å². The fourth-order valence-electron chi connectivity index (χ4n) is 1.55. The number of aryl methyl sites for hydroxylation is 1. The average Bonchev–Trinajstić information content (AvgIpc) is 2.84. The normalized spacial score (nSPS) is 10.2. The zero-order valence-corrected chi connectivity index (χ0v) is 11.3. The Balaban J connectivity index is 2.19. The van der Waals surface area contributed by atoms with Crippen molar-refractivity contribution in [3.63, 3.8) is 0 Å². The van der Waals surface area contributed by atoms with E-state index < -0.39 is 0 Å². The summed E-state index contributed by atoms with van der Waals surface area (Å²) in [5.74, 6) is 0.721. The van der Waals surface area contributed by atoms with Crippen LogP contribution >= 0.6 is 11.5 Å². The average molecular weight is 262 g/mol. The molecule has 0 saturated carbocycles. The van der Waals surface area contributed by atoms with Crippen molar-refractivity contribution in [3.05, 3.63) is 40.9 Å². The zero-order chi connectivity index (χ0) is 13.1. The van der Waals surface area contributed by atoms with Crippen LogP contribution < -0.4 is 9.64 Å². The first-order valence-corrected chi connectivity index (χ1v) is 6.24. The van der Waals surface area contributed by atoms with Crippen molar-refractivity contribution < 1.29 is 9.53 Å². The lowest BCUT2D eigenvalue weighted by Gasteiger charge is -2.16. The van der Waals surface area contributed by atoms with Gasteiger partial charge < -0.3 is 9.64 Å². The van der Waals surface area contributed by atoms with E-state index in [0.717, 1.165) is 17.1 Å². The maximum Gasteiger partial charge on any atom is 0.269 e. The Morgan fingerprint density at radius 2 is 2.00 bits per heavy atom. The molecule has 0 radical (unpaired) electrons. The Morgan fingerprint density at radius 3 is 2.50 bits per heavy atom. The van der Waals surface area contributed by atoms with Crippen LogP contribution in [0.2, 0.25) is 0 Å². The molecule has 0 spiro atoms. The van der Waals surface area contributed by atoms with Gasteiger partial charge in [0.2, 0.25) is 0 Å². The number of methoxy groups -OCH3 is 1. The first-order chi connectivity index (χ1) is 8.61. The van der Waals surface area contributed by atoms with E-state index in [1.54, 1.807) is 25.1 Å². The molecule has 1 aromatic carbocycles. The molecule has 4 nitrogen and oxygen atoms in total. The molecule has 5 heteroatoms. The predicted octanol–water partition coefficient (Wildman–Crippen LogP) is 2.74. The fraction of sp³-hybridized carbons (Fsp3) is 0.231. The zero-order valence-electron chi connectivity index (χ0n) is 10.5. The van der Waals surface area contributed by atoms with Gasteiger partial charge in [0.05, 0.1) is 12.8 Å². The van der Waals surface area contributed by atoms with Crippen molar-refractivity contribution in [1.82, 2.24) is 4.37 Å². The molecule has 0 N–H and O–H groups in total. The van der Waals surface area contributed by atoms with Gasteiger partial charge >= 0.3 is 0 Å².